The summed E-state index contributed by atoms with van der Waals surface area (Å²) < 4.78 is 0. The lowest BCUT2D eigenvalue weighted by Gasteiger charge is -2.27. The zero-order valence-electron chi connectivity index (χ0n) is 11.2. The third kappa shape index (κ3) is 1.92. The Morgan fingerprint density at radius 1 is 0.952 bits per heavy atom. The van der Waals surface area contributed by atoms with Crippen LogP contribution in [0.4, 0.5) is 11.4 Å². The molecule has 102 valence electrons. The molecule has 0 saturated carbocycles. The van der Waals surface area contributed by atoms with Crippen LogP contribution >= 0.6 is 0 Å². The number of hydrogen-bond donors (Lipinski definition) is 2. The first-order valence-electron chi connectivity index (χ1n) is 6.83. The molecule has 4 heteroatoms. The summed E-state index contributed by atoms with van der Waals surface area (Å²) in [5.74, 6) is -0.0641. The molecule has 1 unspecified atom stereocenters. The quantitative estimate of drug-likeness (QED) is 0.716. The molecule has 1 aliphatic rings. The molecule has 21 heavy (non-hydrogen) atoms. The summed E-state index contributed by atoms with van der Waals surface area (Å²) in [4.78, 5) is 16.7. The molecular formula is C17H13N3O. The number of carbonyl (C=O) groups is 1. The van der Waals surface area contributed by atoms with Gasteiger partial charge in [0.15, 0.2) is 0 Å². The fraction of sp³-hybridized carbons (Fsp3) is 0.0588. The van der Waals surface area contributed by atoms with Gasteiger partial charge in [0.25, 0.3) is 5.91 Å². The minimum absolute atomic E-state index is 0.0641. The Bertz CT molecular complexity index is 830. The second kappa shape index (κ2) is 4.59. The minimum Gasteiger partial charge on any atom is -0.368 e. The lowest BCUT2D eigenvalue weighted by Crippen LogP contribution is -2.32. The van der Waals surface area contributed by atoms with Gasteiger partial charge in [-0.25, -0.2) is 0 Å². The lowest BCUT2D eigenvalue weighted by molar-refractivity contribution is -0.117. The third-order valence-electron chi connectivity index (χ3n) is 3.72. The number of rotatable bonds is 1. The minimum atomic E-state index is -0.385. The van der Waals surface area contributed by atoms with Crippen LogP contribution in [-0.2, 0) is 4.79 Å². The summed E-state index contributed by atoms with van der Waals surface area (Å²) in [5.41, 5.74) is 3.51. The molecule has 1 aliphatic heterocycles. The summed E-state index contributed by atoms with van der Waals surface area (Å²) in [5, 5.41) is 7.30. The van der Waals surface area contributed by atoms with Crippen LogP contribution < -0.4 is 10.6 Å². The molecule has 2 heterocycles. The molecule has 0 spiro atoms. The maximum absolute atomic E-state index is 12.3. The molecule has 3 aromatic rings. The maximum Gasteiger partial charge on any atom is 0.251 e. The fourth-order valence-electron chi connectivity index (χ4n) is 2.69. The topological polar surface area (TPSA) is 54.0 Å². The SMILES string of the molecule is O=C1Nc2cnc3ccccc3c2NC1c1ccccc1. The van der Waals surface area contributed by atoms with Crippen LogP contribution in [0.25, 0.3) is 10.9 Å². The van der Waals surface area contributed by atoms with Crippen molar-refractivity contribution in [1.82, 2.24) is 4.98 Å². The van der Waals surface area contributed by atoms with Crippen molar-refractivity contribution in [2.75, 3.05) is 10.6 Å². The number of amides is 1. The Morgan fingerprint density at radius 2 is 1.71 bits per heavy atom. The largest absolute Gasteiger partial charge is 0.368 e. The van der Waals surface area contributed by atoms with Gasteiger partial charge in [0.2, 0.25) is 0 Å². The Morgan fingerprint density at radius 3 is 2.57 bits per heavy atom. The molecular weight excluding hydrogens is 262 g/mol. The highest BCUT2D eigenvalue weighted by Crippen LogP contribution is 2.36. The molecule has 1 aromatic heterocycles. The first kappa shape index (κ1) is 11.9. The molecule has 2 N–H and O–H groups in total. The van der Waals surface area contributed by atoms with Gasteiger partial charge in [-0.2, -0.15) is 0 Å². The number of anilines is 2. The van der Waals surface area contributed by atoms with Crippen molar-refractivity contribution >= 4 is 28.2 Å². The summed E-state index contributed by atoms with van der Waals surface area (Å²) >= 11 is 0. The van der Waals surface area contributed by atoms with Crippen LogP contribution in [0, 0.1) is 0 Å². The number of pyridine rings is 1. The average Bonchev–Trinajstić information content (AvgIpc) is 2.55. The molecule has 4 nitrogen and oxygen atoms in total. The van der Waals surface area contributed by atoms with Crippen molar-refractivity contribution in [3.05, 3.63) is 66.4 Å². The summed E-state index contributed by atoms with van der Waals surface area (Å²) in [6.45, 7) is 0. The van der Waals surface area contributed by atoms with E-state index in [1.807, 2.05) is 54.6 Å². The van der Waals surface area contributed by atoms with E-state index in [1.165, 1.54) is 0 Å². The highest BCUT2D eigenvalue weighted by Gasteiger charge is 2.28. The van der Waals surface area contributed by atoms with Gasteiger partial charge in [-0.3, -0.25) is 9.78 Å². The Labute approximate surface area is 121 Å². The van der Waals surface area contributed by atoms with E-state index in [0.29, 0.717) is 0 Å². The molecule has 1 amide bonds. The molecule has 1 atom stereocenters. The van der Waals surface area contributed by atoms with E-state index >= 15 is 0 Å². The van der Waals surface area contributed by atoms with E-state index in [4.69, 9.17) is 0 Å². The molecule has 2 aromatic carbocycles. The van der Waals surface area contributed by atoms with Crippen molar-refractivity contribution in [3.63, 3.8) is 0 Å². The Kier molecular flexibility index (Phi) is 2.60. The van der Waals surface area contributed by atoms with E-state index in [2.05, 4.69) is 15.6 Å². The molecule has 0 radical (unpaired) electrons. The fourth-order valence-corrected chi connectivity index (χ4v) is 2.69. The number of hydrogen-bond acceptors (Lipinski definition) is 3. The monoisotopic (exact) mass is 275 g/mol. The van der Waals surface area contributed by atoms with Crippen molar-refractivity contribution < 1.29 is 4.79 Å². The van der Waals surface area contributed by atoms with Crippen LogP contribution in [0.15, 0.2) is 60.8 Å². The predicted molar refractivity (Wildman–Crippen MR) is 83.2 cm³/mol. The van der Waals surface area contributed by atoms with E-state index < -0.39 is 0 Å². The number of fused-ring (bicyclic) bond motifs is 3. The first-order valence-corrected chi connectivity index (χ1v) is 6.83. The first-order chi connectivity index (χ1) is 10.3. The van der Waals surface area contributed by atoms with E-state index in [1.54, 1.807) is 6.20 Å². The predicted octanol–water partition coefficient (Wildman–Crippen LogP) is 3.34. The number of aromatic nitrogens is 1. The third-order valence-corrected chi connectivity index (χ3v) is 3.72. The summed E-state index contributed by atoms with van der Waals surface area (Å²) in [6.07, 6.45) is 1.70. The smallest absolute Gasteiger partial charge is 0.251 e. The highest BCUT2D eigenvalue weighted by atomic mass is 16.2. The zero-order valence-corrected chi connectivity index (χ0v) is 11.2. The van der Waals surface area contributed by atoms with Crippen LogP contribution in [0.2, 0.25) is 0 Å². The maximum atomic E-state index is 12.3. The van der Waals surface area contributed by atoms with Crippen molar-refractivity contribution in [2.45, 2.75) is 6.04 Å². The van der Waals surface area contributed by atoms with E-state index in [-0.39, 0.29) is 11.9 Å². The summed E-state index contributed by atoms with van der Waals surface area (Å²) in [7, 11) is 0. The summed E-state index contributed by atoms with van der Waals surface area (Å²) in [6, 6.07) is 17.2. The van der Waals surface area contributed by atoms with Crippen molar-refractivity contribution in [3.8, 4) is 0 Å². The van der Waals surface area contributed by atoms with Gasteiger partial charge in [-0.05, 0) is 11.6 Å². The number of carbonyl (C=O) groups excluding carboxylic acids is 1. The van der Waals surface area contributed by atoms with Gasteiger partial charge in [0, 0.05) is 5.39 Å². The number of nitrogens with one attached hydrogen (secondary N) is 2. The molecule has 0 aliphatic carbocycles. The normalized spacial score (nSPS) is 17.0. The van der Waals surface area contributed by atoms with Crippen LogP contribution in [0.1, 0.15) is 11.6 Å². The molecule has 4 rings (SSSR count). The number of benzene rings is 2. The van der Waals surface area contributed by atoms with Gasteiger partial charge in [-0.15, -0.1) is 0 Å². The Balaban J connectivity index is 1.85. The number of para-hydroxylation sites is 1. The number of nitrogens with zero attached hydrogens (tertiary/aromatic N) is 1. The van der Waals surface area contributed by atoms with E-state index in [0.717, 1.165) is 27.8 Å². The van der Waals surface area contributed by atoms with Crippen LogP contribution in [0.3, 0.4) is 0 Å². The van der Waals surface area contributed by atoms with Crippen molar-refractivity contribution in [1.29, 1.82) is 0 Å². The van der Waals surface area contributed by atoms with E-state index in [9.17, 15) is 4.79 Å². The van der Waals surface area contributed by atoms with Crippen LogP contribution in [0.5, 0.6) is 0 Å². The second-order valence-electron chi connectivity index (χ2n) is 5.04. The zero-order chi connectivity index (χ0) is 14.2. The van der Waals surface area contributed by atoms with Gasteiger partial charge >= 0.3 is 0 Å². The average molecular weight is 275 g/mol. The standard InChI is InChI=1S/C17H13N3O/c21-17-15(11-6-2-1-3-7-11)20-16-12-8-4-5-9-13(12)18-10-14(16)19-17/h1-10,15,20H,(H,19,21). The highest BCUT2D eigenvalue weighted by molar-refractivity contribution is 6.09. The molecule has 0 saturated heterocycles. The molecule has 0 bridgehead atoms. The van der Waals surface area contributed by atoms with Crippen LogP contribution in [-0.4, -0.2) is 10.9 Å². The van der Waals surface area contributed by atoms with Crippen molar-refractivity contribution in [2.24, 2.45) is 0 Å². The second-order valence-corrected chi connectivity index (χ2v) is 5.04. The van der Waals surface area contributed by atoms with Gasteiger partial charge in [0.05, 0.1) is 23.1 Å². The molecule has 0 fully saturated rings. The van der Waals surface area contributed by atoms with Gasteiger partial charge in [-0.1, -0.05) is 48.5 Å². The Hall–Kier alpha value is -2.88. The van der Waals surface area contributed by atoms with Gasteiger partial charge < -0.3 is 10.6 Å². The van der Waals surface area contributed by atoms with Gasteiger partial charge in [0.1, 0.15) is 6.04 Å². The lowest BCUT2D eigenvalue weighted by atomic mass is 10.0.